The molecule has 2 aromatic rings. The molecular weight excluding hydrogens is 334 g/mol. The van der Waals surface area contributed by atoms with Crippen molar-refractivity contribution in [2.75, 3.05) is 32.9 Å². The highest BCUT2D eigenvalue weighted by molar-refractivity contribution is 5.76. The van der Waals surface area contributed by atoms with Gasteiger partial charge in [-0.1, -0.05) is 18.2 Å². The molecule has 140 valence electrons. The average Bonchev–Trinajstić information content (AvgIpc) is 2.96. The lowest BCUT2D eigenvalue weighted by molar-refractivity contribution is -0.135. The van der Waals surface area contributed by atoms with Gasteiger partial charge in [0.25, 0.3) is 0 Å². The zero-order valence-corrected chi connectivity index (χ0v) is 15.0. The molecule has 1 N–H and O–H groups in total. The highest BCUT2D eigenvalue weighted by atomic mass is 16.5. The highest BCUT2D eigenvalue weighted by Gasteiger charge is 2.35. The number of carbonyl (C=O) groups excluding carboxylic acids is 1. The van der Waals surface area contributed by atoms with Crippen molar-refractivity contribution in [3.63, 3.8) is 0 Å². The molecule has 0 saturated carbocycles. The molecule has 7 heteroatoms. The van der Waals surface area contributed by atoms with Gasteiger partial charge in [0.2, 0.25) is 5.91 Å². The molecule has 1 aliphatic rings. The number of nitrogens with zero attached hydrogens (tertiary/aromatic N) is 3. The summed E-state index contributed by atoms with van der Waals surface area (Å²) in [6, 6.07) is 11.2. The molecule has 0 aliphatic carbocycles. The number of amides is 1. The SMILES string of the molecule is Cc1ccn(CCC(=O)N2CCOC[C@](O)(COc3ccccc3)C2)n1. The number of aromatic nitrogens is 2. The number of aryl methyl sites for hydroxylation is 2. The molecule has 0 spiro atoms. The second-order valence-corrected chi connectivity index (χ2v) is 6.66. The molecule has 1 aromatic heterocycles. The molecule has 2 heterocycles. The van der Waals surface area contributed by atoms with E-state index in [0.717, 1.165) is 5.69 Å². The Hall–Kier alpha value is -2.38. The molecule has 3 rings (SSSR count). The molecule has 26 heavy (non-hydrogen) atoms. The molecule has 0 unspecified atom stereocenters. The molecule has 1 fully saturated rings. The predicted octanol–water partition coefficient (Wildman–Crippen LogP) is 1.25. The minimum Gasteiger partial charge on any atom is -0.490 e. The Morgan fingerprint density at radius 3 is 2.88 bits per heavy atom. The van der Waals surface area contributed by atoms with Gasteiger partial charge >= 0.3 is 0 Å². The third-order valence-electron chi connectivity index (χ3n) is 4.29. The molecular formula is C19H25N3O4. The molecule has 1 amide bonds. The first-order chi connectivity index (χ1) is 12.5. The standard InChI is InChI=1S/C19H25N3O4/c1-16-7-9-22(20-16)10-8-18(23)21-11-12-25-14-19(24,13-21)15-26-17-5-3-2-4-6-17/h2-7,9,24H,8,10-15H2,1H3/t19-/m0/s1. The van der Waals surface area contributed by atoms with Crippen LogP contribution in [-0.2, 0) is 16.1 Å². The van der Waals surface area contributed by atoms with Crippen LogP contribution in [0.15, 0.2) is 42.6 Å². The topological polar surface area (TPSA) is 76.8 Å². The lowest BCUT2D eigenvalue weighted by atomic mass is 10.1. The van der Waals surface area contributed by atoms with E-state index in [1.807, 2.05) is 49.5 Å². The Kier molecular flexibility index (Phi) is 5.90. The summed E-state index contributed by atoms with van der Waals surface area (Å²) >= 11 is 0. The number of β-amino-alcohol motifs (C(OH)–C–C–N with tert-alkyl or cyclic N) is 1. The molecule has 7 nitrogen and oxygen atoms in total. The summed E-state index contributed by atoms with van der Waals surface area (Å²) < 4.78 is 12.9. The van der Waals surface area contributed by atoms with Crippen molar-refractivity contribution in [3.8, 4) is 5.75 Å². The van der Waals surface area contributed by atoms with Gasteiger partial charge < -0.3 is 19.5 Å². The fraction of sp³-hybridized carbons (Fsp3) is 0.474. The summed E-state index contributed by atoms with van der Waals surface area (Å²) in [6.45, 7) is 3.70. The first kappa shape index (κ1) is 18.4. The van der Waals surface area contributed by atoms with Crippen LogP contribution >= 0.6 is 0 Å². The van der Waals surface area contributed by atoms with E-state index >= 15 is 0 Å². The van der Waals surface area contributed by atoms with Crippen molar-refractivity contribution >= 4 is 5.91 Å². The van der Waals surface area contributed by atoms with Gasteiger partial charge in [-0.25, -0.2) is 0 Å². The Morgan fingerprint density at radius 1 is 1.35 bits per heavy atom. The highest BCUT2D eigenvalue weighted by Crippen LogP contribution is 2.17. The van der Waals surface area contributed by atoms with E-state index in [9.17, 15) is 9.90 Å². The van der Waals surface area contributed by atoms with E-state index < -0.39 is 5.60 Å². The number of aliphatic hydroxyl groups is 1. The number of carbonyl (C=O) groups is 1. The van der Waals surface area contributed by atoms with Gasteiger partial charge in [-0.15, -0.1) is 0 Å². The zero-order valence-electron chi connectivity index (χ0n) is 15.0. The van der Waals surface area contributed by atoms with E-state index in [1.165, 1.54) is 0 Å². The molecule has 1 atom stereocenters. The Bertz CT molecular complexity index is 719. The first-order valence-electron chi connectivity index (χ1n) is 8.80. The molecule has 1 aliphatic heterocycles. The van der Waals surface area contributed by atoms with E-state index in [1.54, 1.807) is 9.58 Å². The summed E-state index contributed by atoms with van der Waals surface area (Å²) in [6.07, 6.45) is 2.19. The smallest absolute Gasteiger partial charge is 0.224 e. The maximum absolute atomic E-state index is 12.6. The average molecular weight is 359 g/mol. The molecule has 1 saturated heterocycles. The van der Waals surface area contributed by atoms with E-state index in [-0.39, 0.29) is 25.7 Å². The second kappa shape index (κ2) is 8.33. The number of para-hydroxylation sites is 1. The van der Waals surface area contributed by atoms with Crippen molar-refractivity contribution < 1.29 is 19.4 Å². The number of ether oxygens (including phenoxy) is 2. The monoisotopic (exact) mass is 359 g/mol. The van der Waals surface area contributed by atoms with Crippen molar-refractivity contribution in [1.29, 1.82) is 0 Å². The summed E-state index contributed by atoms with van der Waals surface area (Å²) in [7, 11) is 0. The summed E-state index contributed by atoms with van der Waals surface area (Å²) in [5.74, 6) is 0.652. The van der Waals surface area contributed by atoms with Crippen LogP contribution < -0.4 is 4.74 Å². The quantitative estimate of drug-likeness (QED) is 0.840. The minimum absolute atomic E-state index is 0.0261. The van der Waals surface area contributed by atoms with Gasteiger partial charge in [0.05, 0.1) is 25.5 Å². The summed E-state index contributed by atoms with van der Waals surface area (Å²) in [5.41, 5.74) is -0.308. The van der Waals surface area contributed by atoms with Crippen LogP contribution in [0.5, 0.6) is 5.75 Å². The van der Waals surface area contributed by atoms with Crippen LogP contribution in [0.2, 0.25) is 0 Å². The van der Waals surface area contributed by atoms with Crippen LogP contribution in [-0.4, -0.2) is 64.2 Å². The maximum atomic E-state index is 12.6. The number of hydrogen-bond acceptors (Lipinski definition) is 5. The summed E-state index contributed by atoms with van der Waals surface area (Å²) in [5, 5.41) is 15.1. The van der Waals surface area contributed by atoms with Crippen LogP contribution in [0.25, 0.3) is 0 Å². The van der Waals surface area contributed by atoms with Gasteiger partial charge in [0, 0.05) is 25.7 Å². The zero-order chi connectivity index (χ0) is 18.4. The number of rotatable bonds is 6. The predicted molar refractivity (Wildman–Crippen MR) is 95.9 cm³/mol. The lowest BCUT2D eigenvalue weighted by Crippen LogP contribution is -2.50. The number of benzene rings is 1. The fourth-order valence-electron chi connectivity index (χ4n) is 2.91. The van der Waals surface area contributed by atoms with E-state index in [2.05, 4.69) is 5.10 Å². The Labute approximate surface area is 153 Å². The Balaban J connectivity index is 1.56. The number of hydrogen-bond donors (Lipinski definition) is 1. The van der Waals surface area contributed by atoms with Crippen molar-refractivity contribution in [3.05, 3.63) is 48.3 Å². The van der Waals surface area contributed by atoms with Crippen LogP contribution in [0.1, 0.15) is 12.1 Å². The van der Waals surface area contributed by atoms with Crippen molar-refractivity contribution in [2.45, 2.75) is 25.5 Å². The van der Waals surface area contributed by atoms with Crippen LogP contribution in [0.3, 0.4) is 0 Å². The van der Waals surface area contributed by atoms with Crippen molar-refractivity contribution in [2.24, 2.45) is 0 Å². The first-order valence-corrected chi connectivity index (χ1v) is 8.80. The molecule has 0 radical (unpaired) electrons. The van der Waals surface area contributed by atoms with Crippen LogP contribution in [0.4, 0.5) is 0 Å². The van der Waals surface area contributed by atoms with E-state index in [0.29, 0.717) is 31.9 Å². The van der Waals surface area contributed by atoms with Gasteiger partial charge in [-0.3, -0.25) is 9.48 Å². The maximum Gasteiger partial charge on any atom is 0.224 e. The van der Waals surface area contributed by atoms with Gasteiger partial charge in [-0.05, 0) is 25.1 Å². The largest absolute Gasteiger partial charge is 0.490 e. The van der Waals surface area contributed by atoms with Crippen LogP contribution in [0, 0.1) is 6.92 Å². The van der Waals surface area contributed by atoms with Crippen molar-refractivity contribution in [1.82, 2.24) is 14.7 Å². The third kappa shape index (κ3) is 5.06. The van der Waals surface area contributed by atoms with Gasteiger partial charge in [-0.2, -0.15) is 5.10 Å². The van der Waals surface area contributed by atoms with E-state index in [4.69, 9.17) is 9.47 Å². The Morgan fingerprint density at radius 2 is 2.15 bits per heavy atom. The van der Waals surface area contributed by atoms with Gasteiger partial charge in [0.1, 0.15) is 18.0 Å². The summed E-state index contributed by atoms with van der Waals surface area (Å²) in [4.78, 5) is 14.2. The lowest BCUT2D eigenvalue weighted by Gasteiger charge is -2.30. The second-order valence-electron chi connectivity index (χ2n) is 6.66. The third-order valence-corrected chi connectivity index (χ3v) is 4.29. The van der Waals surface area contributed by atoms with Gasteiger partial charge in [0.15, 0.2) is 0 Å². The normalized spacial score (nSPS) is 20.6. The minimum atomic E-state index is -1.23. The molecule has 1 aromatic carbocycles. The molecule has 0 bridgehead atoms. The fourth-order valence-corrected chi connectivity index (χ4v) is 2.91.